The largest absolute Gasteiger partial charge is 0.349 e. The average molecular weight is 410 g/mol. The van der Waals surface area contributed by atoms with E-state index in [1.165, 1.54) is 12.8 Å². The van der Waals surface area contributed by atoms with E-state index >= 15 is 0 Å². The molecule has 1 aliphatic carbocycles. The Labute approximate surface area is 135 Å². The monoisotopic (exact) mass is 407 g/mol. The summed E-state index contributed by atoms with van der Waals surface area (Å²) in [7, 11) is 0. The number of halogens is 3. The number of carbonyl (C=O) groups excluding carboxylic acids is 1. The first kappa shape index (κ1) is 15.3. The fourth-order valence-corrected chi connectivity index (χ4v) is 4.10. The van der Waals surface area contributed by atoms with E-state index in [1.54, 1.807) is 0 Å². The van der Waals surface area contributed by atoms with E-state index < -0.39 is 0 Å². The molecule has 0 spiro atoms. The predicted molar refractivity (Wildman–Crippen MR) is 85.8 cm³/mol. The molecule has 0 heterocycles. The van der Waals surface area contributed by atoms with E-state index in [4.69, 9.17) is 11.6 Å². The van der Waals surface area contributed by atoms with Gasteiger partial charge in [0.05, 0.1) is 5.56 Å². The minimum Gasteiger partial charge on any atom is -0.349 e. The number of alkyl halides is 1. The summed E-state index contributed by atoms with van der Waals surface area (Å²) < 4.78 is 1.75. The van der Waals surface area contributed by atoms with Crippen molar-refractivity contribution in [3.05, 3.63) is 32.7 Å². The molecular formula is C14H16Br2ClNO. The lowest BCUT2D eigenvalue weighted by molar-refractivity contribution is 0.0910. The molecule has 2 nitrogen and oxygen atoms in total. The van der Waals surface area contributed by atoms with E-state index in [1.807, 2.05) is 18.2 Å². The molecule has 5 heteroatoms. The molecule has 1 aliphatic rings. The zero-order valence-electron chi connectivity index (χ0n) is 10.5. The highest BCUT2D eigenvalue weighted by Gasteiger charge is 2.26. The minimum atomic E-state index is -0.0265. The van der Waals surface area contributed by atoms with Crippen LogP contribution in [0.15, 0.2) is 27.1 Å². The van der Waals surface area contributed by atoms with Gasteiger partial charge < -0.3 is 5.32 Å². The predicted octanol–water partition coefficient (Wildman–Crippen LogP) is 4.74. The fourth-order valence-electron chi connectivity index (χ4n) is 2.50. The van der Waals surface area contributed by atoms with Crippen LogP contribution >= 0.6 is 43.5 Å². The Bertz CT molecular complexity index is 467. The normalized spacial score (nSPS) is 23.1. The maximum absolute atomic E-state index is 12.3. The van der Waals surface area contributed by atoms with Gasteiger partial charge in [0.2, 0.25) is 0 Å². The number of nitrogens with one attached hydrogen (secondary N) is 1. The molecule has 1 fully saturated rings. The lowest BCUT2D eigenvalue weighted by atomic mass is 9.85. The van der Waals surface area contributed by atoms with E-state index in [9.17, 15) is 4.79 Å². The summed E-state index contributed by atoms with van der Waals surface area (Å²) in [6.07, 6.45) is 4.51. The SMILES string of the molecule is O=C(NC1CCCCC1CCl)c1ccc(Br)cc1Br. The molecule has 0 aliphatic heterocycles. The number of rotatable bonds is 3. The van der Waals surface area contributed by atoms with E-state index in [2.05, 4.69) is 37.2 Å². The van der Waals surface area contributed by atoms with E-state index in [0.29, 0.717) is 17.4 Å². The van der Waals surface area contributed by atoms with Crippen molar-refractivity contribution < 1.29 is 4.79 Å². The van der Waals surface area contributed by atoms with Gasteiger partial charge in [-0.25, -0.2) is 0 Å². The third-order valence-corrected chi connectivity index (χ3v) is 5.15. The molecule has 1 amide bonds. The standard InChI is InChI=1S/C14H16Br2ClNO/c15-10-5-6-11(12(16)7-10)14(19)18-13-4-2-1-3-9(13)8-17/h5-7,9,13H,1-4,8H2,(H,18,19). The van der Waals surface area contributed by atoms with Gasteiger partial charge in [0.1, 0.15) is 0 Å². The van der Waals surface area contributed by atoms with Crippen molar-refractivity contribution in [2.45, 2.75) is 31.7 Å². The lowest BCUT2D eigenvalue weighted by Crippen LogP contribution is -2.42. The topological polar surface area (TPSA) is 29.1 Å². The Morgan fingerprint density at radius 2 is 2.05 bits per heavy atom. The maximum atomic E-state index is 12.3. The Hall–Kier alpha value is -0.0600. The molecule has 0 bridgehead atoms. The lowest BCUT2D eigenvalue weighted by Gasteiger charge is -2.30. The van der Waals surface area contributed by atoms with Crippen LogP contribution in [0.4, 0.5) is 0 Å². The van der Waals surface area contributed by atoms with E-state index in [0.717, 1.165) is 21.8 Å². The fraction of sp³-hybridized carbons (Fsp3) is 0.500. The first-order valence-electron chi connectivity index (χ1n) is 6.43. The highest BCUT2D eigenvalue weighted by Crippen LogP contribution is 2.27. The minimum absolute atomic E-state index is 0.0265. The van der Waals surface area contributed by atoms with Gasteiger partial charge in [-0.05, 0) is 52.9 Å². The van der Waals surface area contributed by atoms with Gasteiger partial charge in [0.25, 0.3) is 5.91 Å². The average Bonchev–Trinajstić information content (AvgIpc) is 2.39. The van der Waals surface area contributed by atoms with Crippen LogP contribution in [0.1, 0.15) is 36.0 Å². The zero-order valence-corrected chi connectivity index (χ0v) is 14.4. The number of hydrogen-bond acceptors (Lipinski definition) is 1. The summed E-state index contributed by atoms with van der Waals surface area (Å²) in [5, 5.41) is 3.13. The van der Waals surface area contributed by atoms with Crippen LogP contribution in [0, 0.1) is 5.92 Å². The summed E-state index contributed by atoms with van der Waals surface area (Å²) in [5.74, 6) is 0.988. The van der Waals surface area contributed by atoms with Crippen LogP contribution in [0.5, 0.6) is 0 Å². The molecule has 1 saturated carbocycles. The van der Waals surface area contributed by atoms with Gasteiger partial charge in [0, 0.05) is 20.9 Å². The van der Waals surface area contributed by atoms with Gasteiger partial charge in [-0.1, -0.05) is 28.8 Å². The summed E-state index contributed by atoms with van der Waals surface area (Å²) in [4.78, 5) is 12.3. The Kier molecular flexibility index (Phi) is 5.72. The van der Waals surface area contributed by atoms with Crippen LogP contribution in [0.25, 0.3) is 0 Å². The second-order valence-electron chi connectivity index (χ2n) is 4.90. The number of benzene rings is 1. The van der Waals surface area contributed by atoms with Crippen molar-refractivity contribution in [1.29, 1.82) is 0 Å². The molecular weight excluding hydrogens is 393 g/mol. The van der Waals surface area contributed by atoms with Gasteiger partial charge in [0.15, 0.2) is 0 Å². The third kappa shape index (κ3) is 3.96. The van der Waals surface area contributed by atoms with Crippen molar-refractivity contribution in [2.75, 3.05) is 5.88 Å². The van der Waals surface area contributed by atoms with Gasteiger partial charge >= 0.3 is 0 Å². The maximum Gasteiger partial charge on any atom is 0.252 e. The van der Waals surface area contributed by atoms with E-state index in [-0.39, 0.29) is 11.9 Å². The Morgan fingerprint density at radius 1 is 1.32 bits per heavy atom. The second kappa shape index (κ2) is 7.09. The smallest absolute Gasteiger partial charge is 0.252 e. The summed E-state index contributed by atoms with van der Waals surface area (Å²) in [5.41, 5.74) is 0.669. The molecule has 0 saturated heterocycles. The summed E-state index contributed by atoms with van der Waals surface area (Å²) >= 11 is 12.8. The summed E-state index contributed by atoms with van der Waals surface area (Å²) in [6.45, 7) is 0. The molecule has 0 aromatic heterocycles. The zero-order chi connectivity index (χ0) is 13.8. The van der Waals surface area contributed by atoms with Crippen LogP contribution in [0.3, 0.4) is 0 Å². The van der Waals surface area contributed by atoms with Crippen LogP contribution < -0.4 is 5.32 Å². The molecule has 104 valence electrons. The van der Waals surface area contributed by atoms with Crippen molar-refractivity contribution in [3.8, 4) is 0 Å². The van der Waals surface area contributed by atoms with Gasteiger partial charge in [-0.2, -0.15) is 0 Å². The van der Waals surface area contributed by atoms with Crippen LogP contribution in [-0.4, -0.2) is 17.8 Å². The molecule has 1 aromatic carbocycles. The highest BCUT2D eigenvalue weighted by molar-refractivity contribution is 9.11. The van der Waals surface area contributed by atoms with Gasteiger partial charge in [-0.3, -0.25) is 4.79 Å². The molecule has 2 atom stereocenters. The highest BCUT2D eigenvalue weighted by atomic mass is 79.9. The van der Waals surface area contributed by atoms with Crippen molar-refractivity contribution in [3.63, 3.8) is 0 Å². The molecule has 0 radical (unpaired) electrons. The molecule has 2 unspecified atom stereocenters. The number of hydrogen-bond donors (Lipinski definition) is 1. The van der Waals surface area contributed by atoms with Crippen LogP contribution in [0.2, 0.25) is 0 Å². The first-order valence-corrected chi connectivity index (χ1v) is 8.55. The van der Waals surface area contributed by atoms with Crippen LogP contribution in [-0.2, 0) is 0 Å². The third-order valence-electron chi connectivity index (χ3n) is 3.60. The number of amides is 1. The Balaban J connectivity index is 2.07. The summed E-state index contributed by atoms with van der Waals surface area (Å²) in [6, 6.07) is 5.78. The molecule has 19 heavy (non-hydrogen) atoms. The molecule has 1 aromatic rings. The van der Waals surface area contributed by atoms with Crippen molar-refractivity contribution in [2.24, 2.45) is 5.92 Å². The Morgan fingerprint density at radius 3 is 2.74 bits per heavy atom. The number of carbonyl (C=O) groups is 1. The molecule has 2 rings (SSSR count). The quantitative estimate of drug-likeness (QED) is 0.718. The molecule has 1 N–H and O–H groups in total. The van der Waals surface area contributed by atoms with Crippen molar-refractivity contribution >= 4 is 49.4 Å². The van der Waals surface area contributed by atoms with Gasteiger partial charge in [-0.15, -0.1) is 11.6 Å². The van der Waals surface area contributed by atoms with Crippen molar-refractivity contribution in [1.82, 2.24) is 5.32 Å². The second-order valence-corrected chi connectivity index (χ2v) is 6.98. The first-order chi connectivity index (χ1) is 9.11.